The number of hydrogen-bond acceptors (Lipinski definition) is 4. The Kier molecular flexibility index (Phi) is 7.04. The van der Waals surface area contributed by atoms with Crippen molar-refractivity contribution in [2.75, 3.05) is 52.5 Å². The Balaban J connectivity index is 2.14. The fraction of sp³-hybridized carbons (Fsp3) is 1.00. The van der Waals surface area contributed by atoms with Gasteiger partial charge in [-0.2, -0.15) is 0 Å². The lowest BCUT2D eigenvalue weighted by atomic mass is 10.2. The lowest BCUT2D eigenvalue weighted by Gasteiger charge is -2.36. The molecule has 1 atom stereocenters. The molecule has 4 nitrogen and oxygen atoms in total. The molecule has 102 valence electrons. The Bertz CT molecular complexity index is 192. The molecule has 1 heterocycles. The number of ether oxygens (including phenoxy) is 1. The van der Waals surface area contributed by atoms with Crippen LogP contribution in [0.15, 0.2) is 0 Å². The summed E-state index contributed by atoms with van der Waals surface area (Å²) >= 11 is 0. The van der Waals surface area contributed by atoms with Crippen molar-refractivity contribution in [2.24, 2.45) is 5.92 Å². The maximum absolute atomic E-state index is 9.76. The molecule has 1 fully saturated rings. The van der Waals surface area contributed by atoms with Gasteiger partial charge in [0.1, 0.15) is 0 Å². The van der Waals surface area contributed by atoms with Gasteiger partial charge in [-0.05, 0) is 12.8 Å². The predicted octanol–water partition coefficient (Wildman–Crippen LogP) is 0.657. The maximum atomic E-state index is 9.76. The number of aliphatic hydroxyl groups is 1. The predicted molar refractivity (Wildman–Crippen MR) is 70.2 cm³/mol. The zero-order chi connectivity index (χ0) is 12.7. The monoisotopic (exact) mass is 244 g/mol. The van der Waals surface area contributed by atoms with E-state index in [-0.39, 0.29) is 6.10 Å². The molecule has 0 aliphatic carbocycles. The van der Waals surface area contributed by atoms with E-state index in [1.807, 2.05) is 6.92 Å². The number of rotatable bonds is 7. The van der Waals surface area contributed by atoms with Gasteiger partial charge in [0.25, 0.3) is 0 Å². The minimum Gasteiger partial charge on any atom is -0.389 e. The summed E-state index contributed by atoms with van der Waals surface area (Å²) in [5, 5.41) is 9.76. The maximum Gasteiger partial charge on any atom is 0.0900 e. The van der Waals surface area contributed by atoms with Gasteiger partial charge in [0, 0.05) is 45.9 Å². The summed E-state index contributed by atoms with van der Waals surface area (Å²) in [6.45, 7) is 13.9. The second-order valence-electron chi connectivity index (χ2n) is 5.31. The number of β-amino-alcohol motifs (C(OH)–C–C–N with tert-alkyl or cyclic N) is 1. The lowest BCUT2D eigenvalue weighted by molar-refractivity contribution is 0.00995. The largest absolute Gasteiger partial charge is 0.389 e. The number of hydrogen-bond donors (Lipinski definition) is 1. The van der Waals surface area contributed by atoms with Crippen LogP contribution in [0.3, 0.4) is 0 Å². The van der Waals surface area contributed by atoms with Crippen LogP contribution in [-0.4, -0.2) is 73.5 Å². The molecule has 0 spiro atoms. The highest BCUT2D eigenvalue weighted by atomic mass is 16.5. The summed E-state index contributed by atoms with van der Waals surface area (Å²) in [4.78, 5) is 4.84. The van der Waals surface area contributed by atoms with Gasteiger partial charge in [0.2, 0.25) is 0 Å². The standard InChI is InChI=1S/C13H28N2O2/c1-4-17-11-13(16)10-15-7-5-14(6-8-15)9-12(2)3/h12-13,16H,4-11H2,1-3H3. The molecule has 4 heteroatoms. The average molecular weight is 244 g/mol. The van der Waals surface area contributed by atoms with Crippen LogP contribution in [0.25, 0.3) is 0 Å². The molecule has 1 aliphatic rings. The Morgan fingerprint density at radius 1 is 1.06 bits per heavy atom. The molecule has 0 aromatic rings. The van der Waals surface area contributed by atoms with E-state index in [9.17, 15) is 5.11 Å². The first-order chi connectivity index (χ1) is 8.11. The van der Waals surface area contributed by atoms with Gasteiger partial charge in [0.05, 0.1) is 12.7 Å². The van der Waals surface area contributed by atoms with Crippen molar-refractivity contribution >= 4 is 0 Å². The number of nitrogens with zero attached hydrogens (tertiary/aromatic N) is 2. The SMILES string of the molecule is CCOCC(O)CN1CCN(CC(C)C)CC1. The lowest BCUT2D eigenvalue weighted by Crippen LogP contribution is -2.49. The van der Waals surface area contributed by atoms with Crippen molar-refractivity contribution in [3.05, 3.63) is 0 Å². The number of aliphatic hydroxyl groups excluding tert-OH is 1. The fourth-order valence-corrected chi connectivity index (χ4v) is 2.28. The average Bonchev–Trinajstić information content (AvgIpc) is 2.28. The molecular weight excluding hydrogens is 216 g/mol. The zero-order valence-corrected chi connectivity index (χ0v) is 11.6. The number of piperazine rings is 1. The Labute approximate surface area is 106 Å². The topological polar surface area (TPSA) is 35.9 Å². The Hall–Kier alpha value is -0.160. The first-order valence-corrected chi connectivity index (χ1v) is 6.82. The van der Waals surface area contributed by atoms with Crippen molar-refractivity contribution in [1.29, 1.82) is 0 Å². The van der Waals surface area contributed by atoms with Crippen molar-refractivity contribution < 1.29 is 9.84 Å². The van der Waals surface area contributed by atoms with E-state index in [1.165, 1.54) is 6.54 Å². The molecule has 17 heavy (non-hydrogen) atoms. The highest BCUT2D eigenvalue weighted by Gasteiger charge is 2.19. The quantitative estimate of drug-likeness (QED) is 0.713. The van der Waals surface area contributed by atoms with Gasteiger partial charge in [-0.3, -0.25) is 4.90 Å². The molecule has 0 saturated carbocycles. The first-order valence-electron chi connectivity index (χ1n) is 6.82. The van der Waals surface area contributed by atoms with Crippen LogP contribution in [0.5, 0.6) is 0 Å². The van der Waals surface area contributed by atoms with Gasteiger partial charge < -0.3 is 14.7 Å². The highest BCUT2D eigenvalue weighted by Crippen LogP contribution is 2.05. The smallest absolute Gasteiger partial charge is 0.0900 e. The molecular formula is C13H28N2O2. The summed E-state index contributed by atoms with van der Waals surface area (Å²) in [5.74, 6) is 0.741. The second-order valence-corrected chi connectivity index (χ2v) is 5.31. The summed E-state index contributed by atoms with van der Waals surface area (Å²) in [7, 11) is 0. The summed E-state index contributed by atoms with van der Waals surface area (Å²) in [6, 6.07) is 0. The molecule has 1 unspecified atom stereocenters. The van der Waals surface area contributed by atoms with Crippen molar-refractivity contribution in [3.63, 3.8) is 0 Å². The third-order valence-corrected chi connectivity index (χ3v) is 3.07. The van der Waals surface area contributed by atoms with Gasteiger partial charge >= 0.3 is 0 Å². The highest BCUT2D eigenvalue weighted by molar-refractivity contribution is 4.74. The molecule has 0 amide bonds. The van der Waals surface area contributed by atoms with Crippen LogP contribution in [-0.2, 0) is 4.74 Å². The van der Waals surface area contributed by atoms with E-state index < -0.39 is 0 Å². The van der Waals surface area contributed by atoms with Crippen molar-refractivity contribution in [1.82, 2.24) is 9.80 Å². The van der Waals surface area contributed by atoms with Crippen LogP contribution in [0, 0.1) is 5.92 Å². The molecule has 0 radical (unpaired) electrons. The molecule has 1 N–H and O–H groups in total. The van der Waals surface area contributed by atoms with Crippen LogP contribution >= 0.6 is 0 Å². The van der Waals surface area contributed by atoms with E-state index in [0.717, 1.165) is 38.6 Å². The van der Waals surface area contributed by atoms with E-state index in [0.29, 0.717) is 13.2 Å². The molecule has 1 saturated heterocycles. The van der Waals surface area contributed by atoms with E-state index in [4.69, 9.17) is 4.74 Å². The van der Waals surface area contributed by atoms with E-state index in [2.05, 4.69) is 23.6 Å². The van der Waals surface area contributed by atoms with Gasteiger partial charge in [0.15, 0.2) is 0 Å². The van der Waals surface area contributed by atoms with Gasteiger partial charge in [-0.15, -0.1) is 0 Å². The summed E-state index contributed by atoms with van der Waals surface area (Å²) in [5.41, 5.74) is 0. The van der Waals surface area contributed by atoms with Crippen molar-refractivity contribution in [2.45, 2.75) is 26.9 Å². The minimum absolute atomic E-state index is 0.341. The molecule has 1 rings (SSSR count). The molecule has 1 aliphatic heterocycles. The third kappa shape index (κ3) is 6.36. The minimum atomic E-state index is -0.341. The van der Waals surface area contributed by atoms with Crippen LogP contribution < -0.4 is 0 Å². The van der Waals surface area contributed by atoms with Crippen LogP contribution in [0.4, 0.5) is 0 Å². The Morgan fingerprint density at radius 2 is 1.59 bits per heavy atom. The fourth-order valence-electron chi connectivity index (χ4n) is 2.28. The van der Waals surface area contributed by atoms with Crippen molar-refractivity contribution in [3.8, 4) is 0 Å². The van der Waals surface area contributed by atoms with Gasteiger partial charge in [-0.25, -0.2) is 0 Å². The molecule has 0 aromatic heterocycles. The van der Waals surface area contributed by atoms with E-state index in [1.54, 1.807) is 0 Å². The van der Waals surface area contributed by atoms with Crippen LogP contribution in [0.1, 0.15) is 20.8 Å². The van der Waals surface area contributed by atoms with Gasteiger partial charge in [-0.1, -0.05) is 13.8 Å². The molecule has 0 aromatic carbocycles. The zero-order valence-electron chi connectivity index (χ0n) is 11.6. The van der Waals surface area contributed by atoms with E-state index >= 15 is 0 Å². The second kappa shape index (κ2) is 8.03. The normalized spacial score (nSPS) is 21.0. The third-order valence-electron chi connectivity index (χ3n) is 3.07. The summed E-state index contributed by atoms with van der Waals surface area (Å²) in [6.07, 6.45) is -0.341. The summed E-state index contributed by atoms with van der Waals surface area (Å²) < 4.78 is 5.22. The van der Waals surface area contributed by atoms with Crippen LogP contribution in [0.2, 0.25) is 0 Å². The Morgan fingerprint density at radius 3 is 2.06 bits per heavy atom. The molecule has 0 bridgehead atoms. The first kappa shape index (κ1) is 14.9.